The molecule has 23 heavy (non-hydrogen) atoms. The van der Waals surface area contributed by atoms with Crippen LogP contribution in [0.15, 0.2) is 47.6 Å². The van der Waals surface area contributed by atoms with E-state index in [0.29, 0.717) is 0 Å². The van der Waals surface area contributed by atoms with E-state index in [2.05, 4.69) is 63.4 Å². The Bertz CT molecular complexity index is 508. The van der Waals surface area contributed by atoms with Crippen molar-refractivity contribution >= 4 is 31.3 Å². The lowest BCUT2D eigenvalue weighted by atomic mass is 10.1. The van der Waals surface area contributed by atoms with Gasteiger partial charge < -0.3 is 0 Å². The average Bonchev–Trinajstić information content (AvgIpc) is 3.08. The summed E-state index contributed by atoms with van der Waals surface area (Å²) < 4.78 is -0.780. The van der Waals surface area contributed by atoms with Crippen molar-refractivity contribution in [3.8, 4) is 0 Å². The molecule has 2 unspecified atom stereocenters. The molecule has 2 aliphatic rings. The fourth-order valence-corrected chi connectivity index (χ4v) is 7.50. The molecule has 0 aromatic heterocycles. The van der Waals surface area contributed by atoms with Crippen molar-refractivity contribution in [1.82, 2.24) is 0 Å². The van der Waals surface area contributed by atoms with Gasteiger partial charge >= 0.3 is 0 Å². The summed E-state index contributed by atoms with van der Waals surface area (Å²) in [7, 11) is -2.04. The molecule has 0 heterocycles. The zero-order chi connectivity index (χ0) is 17.1. The molecule has 0 saturated heterocycles. The quantitative estimate of drug-likeness (QED) is 0.316. The highest BCUT2D eigenvalue weighted by atomic mass is 35.5. The largest absolute Gasteiger partial charge is 0.115 e. The Labute approximate surface area is 153 Å². The van der Waals surface area contributed by atoms with Crippen molar-refractivity contribution in [2.45, 2.75) is 74.5 Å². The Kier molecular flexibility index (Phi) is 6.08. The molecule has 0 amide bonds. The second kappa shape index (κ2) is 7.33. The summed E-state index contributed by atoms with van der Waals surface area (Å²) in [5.41, 5.74) is 2.75. The Morgan fingerprint density at radius 1 is 0.826 bits per heavy atom. The van der Waals surface area contributed by atoms with Gasteiger partial charge in [-0.15, -0.1) is 23.2 Å². The molecule has 0 aromatic carbocycles. The third-order valence-electron chi connectivity index (χ3n) is 5.42. The number of hydrogen-bond donors (Lipinski definition) is 0. The van der Waals surface area contributed by atoms with Gasteiger partial charge in [-0.2, -0.15) is 0 Å². The van der Waals surface area contributed by atoms with Gasteiger partial charge in [-0.3, -0.25) is 0 Å². The fourth-order valence-electron chi connectivity index (χ4n) is 3.33. The normalized spacial score (nSPS) is 30.0. The second-order valence-corrected chi connectivity index (χ2v) is 14.3. The van der Waals surface area contributed by atoms with Crippen LogP contribution in [-0.4, -0.2) is 17.1 Å². The third kappa shape index (κ3) is 3.72. The van der Waals surface area contributed by atoms with Crippen LogP contribution in [0.3, 0.4) is 0 Å². The standard InChI is InChI=1S/C20H30Cl2Si/c1-5-7-9-17-11-13-19(21,15-17)23(3,4)20(22)14-12-18(16-20)10-8-6-2/h11-16H,5-10H2,1-4H3. The van der Waals surface area contributed by atoms with Gasteiger partial charge in [0, 0.05) is 0 Å². The number of unbranched alkanes of at least 4 members (excludes halogenated alkanes) is 2. The Hall–Kier alpha value is -0.243. The van der Waals surface area contributed by atoms with E-state index in [4.69, 9.17) is 23.2 Å². The Morgan fingerprint density at radius 2 is 1.22 bits per heavy atom. The first-order valence-electron chi connectivity index (χ1n) is 8.98. The maximum absolute atomic E-state index is 7.11. The van der Waals surface area contributed by atoms with E-state index in [1.54, 1.807) is 0 Å². The van der Waals surface area contributed by atoms with Crippen LogP contribution < -0.4 is 0 Å². The average molecular weight is 369 g/mol. The first kappa shape index (κ1) is 19.1. The molecule has 0 spiro atoms. The van der Waals surface area contributed by atoms with E-state index in [9.17, 15) is 0 Å². The van der Waals surface area contributed by atoms with Crippen LogP contribution in [0.4, 0.5) is 0 Å². The summed E-state index contributed by atoms with van der Waals surface area (Å²) >= 11 is 14.2. The van der Waals surface area contributed by atoms with Crippen LogP contribution in [0.1, 0.15) is 52.4 Å². The smallest absolute Gasteiger partial charge is 0.114 e. The molecule has 0 saturated carbocycles. The van der Waals surface area contributed by atoms with Crippen LogP contribution in [0.2, 0.25) is 13.1 Å². The molecule has 2 atom stereocenters. The maximum atomic E-state index is 7.11. The molecule has 128 valence electrons. The molecule has 0 bridgehead atoms. The lowest BCUT2D eigenvalue weighted by Crippen LogP contribution is -2.60. The summed E-state index contributed by atoms with van der Waals surface area (Å²) in [4.78, 5) is 0. The van der Waals surface area contributed by atoms with Crippen LogP contribution in [-0.2, 0) is 0 Å². The highest BCUT2D eigenvalue weighted by molar-refractivity contribution is 6.97. The second-order valence-electron chi connectivity index (χ2n) is 7.47. The van der Waals surface area contributed by atoms with Crippen LogP contribution in [0.25, 0.3) is 0 Å². The number of rotatable bonds is 8. The van der Waals surface area contributed by atoms with E-state index in [1.165, 1.54) is 36.8 Å². The van der Waals surface area contributed by atoms with Crippen molar-refractivity contribution in [2.75, 3.05) is 0 Å². The molecule has 0 aliphatic heterocycles. The van der Waals surface area contributed by atoms with E-state index >= 15 is 0 Å². The monoisotopic (exact) mass is 368 g/mol. The number of halogens is 2. The first-order chi connectivity index (χ1) is 10.8. The molecule has 0 radical (unpaired) electrons. The first-order valence-corrected chi connectivity index (χ1v) is 12.7. The van der Waals surface area contributed by atoms with Crippen molar-refractivity contribution in [2.24, 2.45) is 0 Å². The Morgan fingerprint density at radius 3 is 1.57 bits per heavy atom. The van der Waals surface area contributed by atoms with Crippen LogP contribution >= 0.6 is 23.2 Å². The predicted molar refractivity (Wildman–Crippen MR) is 108 cm³/mol. The molecule has 0 nitrogen and oxygen atoms in total. The zero-order valence-corrected chi connectivity index (χ0v) is 17.5. The summed E-state index contributed by atoms with van der Waals surface area (Å²) in [6.07, 6.45) is 20.5. The number of allylic oxidation sites excluding steroid dienone is 8. The number of hydrogen-bond acceptors (Lipinski definition) is 0. The van der Waals surface area contributed by atoms with Gasteiger partial charge in [0.25, 0.3) is 0 Å². The van der Waals surface area contributed by atoms with Crippen molar-refractivity contribution in [1.29, 1.82) is 0 Å². The molecule has 0 N–H and O–H groups in total. The van der Waals surface area contributed by atoms with Crippen LogP contribution in [0.5, 0.6) is 0 Å². The lowest BCUT2D eigenvalue weighted by molar-refractivity contribution is 0.797. The van der Waals surface area contributed by atoms with Gasteiger partial charge in [0.05, 0.1) is 8.99 Å². The van der Waals surface area contributed by atoms with Gasteiger partial charge in [0.2, 0.25) is 0 Å². The molecule has 0 fully saturated rings. The minimum absolute atomic E-state index is 0.390. The van der Waals surface area contributed by atoms with Gasteiger partial charge in [-0.1, -0.05) is 87.4 Å². The summed E-state index contributed by atoms with van der Waals surface area (Å²) in [5.74, 6) is 0. The molecule has 2 rings (SSSR count). The van der Waals surface area contributed by atoms with Gasteiger partial charge in [0.1, 0.15) is 8.07 Å². The fraction of sp³-hybridized carbons (Fsp3) is 0.600. The third-order valence-corrected chi connectivity index (χ3v) is 13.2. The van der Waals surface area contributed by atoms with Gasteiger partial charge in [0.15, 0.2) is 0 Å². The molecular weight excluding hydrogens is 339 g/mol. The summed E-state index contributed by atoms with van der Waals surface area (Å²) in [6, 6.07) is 0. The summed E-state index contributed by atoms with van der Waals surface area (Å²) in [6.45, 7) is 9.09. The minimum Gasteiger partial charge on any atom is -0.114 e. The van der Waals surface area contributed by atoms with Crippen molar-refractivity contribution in [3.63, 3.8) is 0 Å². The van der Waals surface area contributed by atoms with Crippen molar-refractivity contribution in [3.05, 3.63) is 47.6 Å². The topological polar surface area (TPSA) is 0 Å². The molecule has 3 heteroatoms. The molecule has 0 aromatic rings. The highest BCUT2D eigenvalue weighted by Crippen LogP contribution is 2.48. The van der Waals surface area contributed by atoms with Gasteiger partial charge in [-0.05, 0) is 25.7 Å². The predicted octanol–water partition coefficient (Wildman–Crippen LogP) is 7.10. The zero-order valence-electron chi connectivity index (χ0n) is 15.0. The minimum atomic E-state index is -2.04. The highest BCUT2D eigenvalue weighted by Gasteiger charge is 2.55. The Balaban J connectivity index is 2.22. The molecule has 2 aliphatic carbocycles. The summed E-state index contributed by atoms with van der Waals surface area (Å²) in [5, 5.41) is 0. The maximum Gasteiger partial charge on any atom is 0.115 e. The van der Waals surface area contributed by atoms with E-state index in [0.717, 1.165) is 12.8 Å². The van der Waals surface area contributed by atoms with Gasteiger partial charge in [-0.25, -0.2) is 0 Å². The molecular formula is C20H30Cl2Si. The van der Waals surface area contributed by atoms with Crippen molar-refractivity contribution < 1.29 is 0 Å². The van der Waals surface area contributed by atoms with E-state index in [1.807, 2.05) is 0 Å². The van der Waals surface area contributed by atoms with Crippen LogP contribution in [0, 0.1) is 0 Å². The van der Waals surface area contributed by atoms with E-state index < -0.39 is 17.1 Å². The lowest BCUT2D eigenvalue weighted by Gasteiger charge is -2.43. The van der Waals surface area contributed by atoms with E-state index in [-0.39, 0.29) is 0 Å². The SMILES string of the molecule is CCCCC1=CC(Cl)([Si](C)(C)C2(Cl)C=CC(CCCC)=C2)C=C1. The number of alkyl halides is 2.